The Morgan fingerprint density at radius 3 is 2.43 bits per heavy atom. The summed E-state index contributed by atoms with van der Waals surface area (Å²) in [5.74, 6) is -0.0209. The molecule has 110 valence electrons. The van der Waals surface area contributed by atoms with Gasteiger partial charge in [-0.25, -0.2) is 0 Å². The first-order chi connectivity index (χ1) is 10.1. The van der Waals surface area contributed by atoms with E-state index in [2.05, 4.69) is 10.2 Å². The van der Waals surface area contributed by atoms with Gasteiger partial charge in [-0.3, -0.25) is 4.79 Å². The topological polar surface area (TPSA) is 51.0 Å². The average Bonchev–Trinajstić information content (AvgIpc) is 2.90. The van der Waals surface area contributed by atoms with Crippen LogP contribution in [0.3, 0.4) is 0 Å². The largest absolute Gasteiger partial charge is 0.337 e. The molecule has 1 aliphatic heterocycles. The van der Waals surface area contributed by atoms with E-state index in [4.69, 9.17) is 11.6 Å². The van der Waals surface area contributed by atoms with Gasteiger partial charge in [0.2, 0.25) is 0 Å². The first-order valence-corrected chi connectivity index (χ1v) is 7.52. The van der Waals surface area contributed by atoms with Crippen molar-refractivity contribution >= 4 is 17.5 Å². The lowest BCUT2D eigenvalue weighted by atomic mass is 10.1. The van der Waals surface area contributed by atoms with Crippen molar-refractivity contribution in [2.24, 2.45) is 0 Å². The third-order valence-electron chi connectivity index (χ3n) is 3.69. The van der Waals surface area contributed by atoms with Crippen molar-refractivity contribution in [1.82, 2.24) is 19.9 Å². The lowest BCUT2D eigenvalue weighted by molar-refractivity contribution is 0.0717. The quantitative estimate of drug-likeness (QED) is 0.857. The maximum Gasteiger partial charge on any atom is 0.276 e. The fraction of sp³-hybridized carbons (Fsp3) is 0.400. The number of piperidine rings is 1. The second-order valence-electron chi connectivity index (χ2n) is 5.25. The number of amides is 1. The summed E-state index contributed by atoms with van der Waals surface area (Å²) in [7, 11) is 0. The Balaban J connectivity index is 1.87. The van der Waals surface area contributed by atoms with Gasteiger partial charge in [-0.2, -0.15) is 9.90 Å². The van der Waals surface area contributed by atoms with Gasteiger partial charge in [0, 0.05) is 18.1 Å². The van der Waals surface area contributed by atoms with E-state index in [1.807, 2.05) is 24.0 Å². The molecule has 0 N–H and O–H groups in total. The lowest BCUT2D eigenvalue weighted by Gasteiger charge is -2.25. The van der Waals surface area contributed by atoms with Crippen molar-refractivity contribution in [3.63, 3.8) is 0 Å². The lowest BCUT2D eigenvalue weighted by Crippen LogP contribution is -2.36. The zero-order valence-electron chi connectivity index (χ0n) is 11.9. The van der Waals surface area contributed by atoms with Crippen molar-refractivity contribution < 1.29 is 4.79 Å². The summed E-state index contributed by atoms with van der Waals surface area (Å²) in [5, 5.41) is 9.36. The number of benzene rings is 1. The van der Waals surface area contributed by atoms with E-state index in [9.17, 15) is 4.79 Å². The summed E-state index contributed by atoms with van der Waals surface area (Å²) in [6.07, 6.45) is 3.33. The van der Waals surface area contributed by atoms with Gasteiger partial charge in [-0.15, -0.1) is 5.10 Å². The van der Waals surface area contributed by atoms with Gasteiger partial charge in [0.15, 0.2) is 5.69 Å². The smallest absolute Gasteiger partial charge is 0.276 e. The van der Waals surface area contributed by atoms with Gasteiger partial charge >= 0.3 is 0 Å². The van der Waals surface area contributed by atoms with Gasteiger partial charge in [-0.05, 0) is 50.5 Å². The van der Waals surface area contributed by atoms with Crippen molar-refractivity contribution in [2.75, 3.05) is 13.1 Å². The molecule has 1 saturated heterocycles. The van der Waals surface area contributed by atoms with Crippen LogP contribution in [-0.2, 0) is 0 Å². The molecule has 0 aliphatic carbocycles. The Kier molecular flexibility index (Phi) is 3.92. The molecule has 6 heteroatoms. The Labute approximate surface area is 128 Å². The number of hydrogen-bond donors (Lipinski definition) is 0. The molecular formula is C15H17ClN4O. The van der Waals surface area contributed by atoms with Gasteiger partial charge in [0.05, 0.1) is 11.4 Å². The zero-order chi connectivity index (χ0) is 14.8. The standard InChI is InChI=1S/C15H17ClN4O/c1-11-14(15(21)19-9-3-2-4-10-19)18-20(17-11)13-7-5-12(16)6-8-13/h5-8H,2-4,9-10H2,1H3. The third-order valence-corrected chi connectivity index (χ3v) is 3.94. The van der Waals surface area contributed by atoms with Crippen LogP contribution in [0.1, 0.15) is 35.4 Å². The minimum Gasteiger partial charge on any atom is -0.337 e. The Morgan fingerprint density at radius 2 is 1.76 bits per heavy atom. The highest BCUT2D eigenvalue weighted by atomic mass is 35.5. The van der Waals surface area contributed by atoms with E-state index in [0.717, 1.165) is 31.6 Å². The van der Waals surface area contributed by atoms with Crippen LogP contribution < -0.4 is 0 Å². The molecule has 0 unspecified atom stereocenters. The third kappa shape index (κ3) is 2.93. The number of halogens is 1. The summed E-state index contributed by atoms with van der Waals surface area (Å²) in [5.41, 5.74) is 1.88. The molecule has 1 aromatic heterocycles. The predicted molar refractivity (Wildman–Crippen MR) is 80.9 cm³/mol. The highest BCUT2D eigenvalue weighted by Crippen LogP contribution is 2.16. The SMILES string of the molecule is Cc1nn(-c2ccc(Cl)cc2)nc1C(=O)N1CCCCC1. The minimum atomic E-state index is -0.0209. The van der Waals surface area contributed by atoms with Crippen molar-refractivity contribution in [2.45, 2.75) is 26.2 Å². The number of carbonyl (C=O) groups excluding carboxylic acids is 1. The number of aromatic nitrogens is 3. The molecule has 1 aromatic carbocycles. The molecule has 21 heavy (non-hydrogen) atoms. The fourth-order valence-corrected chi connectivity index (χ4v) is 2.64. The monoisotopic (exact) mass is 304 g/mol. The normalized spacial score (nSPS) is 15.2. The summed E-state index contributed by atoms with van der Waals surface area (Å²) in [6.45, 7) is 3.44. The van der Waals surface area contributed by atoms with Crippen LogP contribution in [-0.4, -0.2) is 38.9 Å². The Morgan fingerprint density at radius 1 is 1.10 bits per heavy atom. The molecule has 0 spiro atoms. The van der Waals surface area contributed by atoms with E-state index in [-0.39, 0.29) is 5.91 Å². The number of rotatable bonds is 2. The number of likely N-dealkylation sites (tertiary alicyclic amines) is 1. The highest BCUT2D eigenvalue weighted by Gasteiger charge is 2.23. The summed E-state index contributed by atoms with van der Waals surface area (Å²) < 4.78 is 0. The van der Waals surface area contributed by atoms with Gasteiger partial charge in [-0.1, -0.05) is 11.6 Å². The summed E-state index contributed by atoms with van der Waals surface area (Å²) >= 11 is 5.88. The molecule has 1 aliphatic rings. The summed E-state index contributed by atoms with van der Waals surface area (Å²) in [6, 6.07) is 7.22. The molecule has 0 radical (unpaired) electrons. The van der Waals surface area contributed by atoms with Crippen molar-refractivity contribution in [3.05, 3.63) is 40.7 Å². The van der Waals surface area contributed by atoms with Crippen LogP contribution in [0.15, 0.2) is 24.3 Å². The highest BCUT2D eigenvalue weighted by molar-refractivity contribution is 6.30. The zero-order valence-corrected chi connectivity index (χ0v) is 12.7. The molecule has 2 heterocycles. The second-order valence-corrected chi connectivity index (χ2v) is 5.69. The molecule has 2 aromatic rings. The second kappa shape index (κ2) is 5.85. The van der Waals surface area contributed by atoms with Crippen LogP contribution in [0, 0.1) is 6.92 Å². The predicted octanol–water partition coefficient (Wildman–Crippen LogP) is 2.86. The molecular weight excluding hydrogens is 288 g/mol. The maximum absolute atomic E-state index is 12.5. The van der Waals surface area contributed by atoms with Crippen molar-refractivity contribution in [1.29, 1.82) is 0 Å². The molecule has 3 rings (SSSR count). The maximum atomic E-state index is 12.5. The molecule has 5 nitrogen and oxygen atoms in total. The molecule has 1 fully saturated rings. The first kappa shape index (κ1) is 14.1. The number of hydrogen-bond acceptors (Lipinski definition) is 3. The van der Waals surface area contributed by atoms with E-state index in [1.54, 1.807) is 12.1 Å². The Hall–Kier alpha value is -1.88. The first-order valence-electron chi connectivity index (χ1n) is 7.14. The van der Waals surface area contributed by atoms with Crippen LogP contribution >= 0.6 is 11.6 Å². The molecule has 0 atom stereocenters. The molecule has 0 saturated carbocycles. The van der Waals surface area contributed by atoms with Crippen LogP contribution in [0.4, 0.5) is 0 Å². The van der Waals surface area contributed by atoms with Crippen LogP contribution in [0.25, 0.3) is 5.69 Å². The average molecular weight is 305 g/mol. The van der Waals surface area contributed by atoms with E-state index >= 15 is 0 Å². The number of aryl methyl sites for hydroxylation is 1. The molecule has 0 bridgehead atoms. The minimum absolute atomic E-state index is 0.0209. The van der Waals surface area contributed by atoms with Gasteiger partial charge in [0.25, 0.3) is 5.91 Å². The van der Waals surface area contributed by atoms with Gasteiger partial charge in [0.1, 0.15) is 0 Å². The number of nitrogens with zero attached hydrogens (tertiary/aromatic N) is 4. The van der Waals surface area contributed by atoms with Crippen LogP contribution in [0.2, 0.25) is 5.02 Å². The van der Waals surface area contributed by atoms with E-state index in [1.165, 1.54) is 11.2 Å². The Bertz CT molecular complexity index is 644. The van der Waals surface area contributed by atoms with E-state index in [0.29, 0.717) is 16.4 Å². The fourth-order valence-electron chi connectivity index (χ4n) is 2.51. The number of carbonyl (C=O) groups is 1. The molecule has 1 amide bonds. The van der Waals surface area contributed by atoms with Crippen LogP contribution in [0.5, 0.6) is 0 Å². The van der Waals surface area contributed by atoms with Gasteiger partial charge < -0.3 is 4.90 Å². The van der Waals surface area contributed by atoms with E-state index < -0.39 is 0 Å². The van der Waals surface area contributed by atoms with Crippen molar-refractivity contribution in [3.8, 4) is 5.69 Å². The summed E-state index contributed by atoms with van der Waals surface area (Å²) in [4.78, 5) is 15.9.